The number of carbonyl (C=O) groups excluding carboxylic acids is 1. The Morgan fingerprint density at radius 1 is 1.38 bits per heavy atom. The molecular formula is C17H12BrFN2O3. The van der Waals surface area contributed by atoms with Crippen LogP contribution in [0.5, 0.6) is 11.5 Å². The molecule has 2 aromatic rings. The van der Waals surface area contributed by atoms with E-state index < -0.39 is 11.7 Å². The Hall–Kier alpha value is -2.85. The average molecular weight is 391 g/mol. The highest BCUT2D eigenvalue weighted by Gasteiger charge is 2.12. The van der Waals surface area contributed by atoms with Crippen molar-refractivity contribution in [3.63, 3.8) is 0 Å². The molecule has 2 N–H and O–H groups in total. The van der Waals surface area contributed by atoms with Crippen molar-refractivity contribution < 1.29 is 19.0 Å². The molecule has 0 saturated heterocycles. The number of aromatic hydroxyl groups is 1. The molecule has 0 radical (unpaired) electrons. The number of phenolic OH excluding ortho intramolecular Hbond substituents is 1. The summed E-state index contributed by atoms with van der Waals surface area (Å²) >= 11 is 3.17. The maximum Gasteiger partial charge on any atom is 0.266 e. The predicted molar refractivity (Wildman–Crippen MR) is 91.0 cm³/mol. The van der Waals surface area contributed by atoms with Crippen LogP contribution in [-0.4, -0.2) is 18.1 Å². The zero-order chi connectivity index (χ0) is 17.7. The highest BCUT2D eigenvalue weighted by atomic mass is 79.9. The van der Waals surface area contributed by atoms with Gasteiger partial charge in [0.15, 0.2) is 11.5 Å². The van der Waals surface area contributed by atoms with E-state index in [1.54, 1.807) is 6.07 Å². The van der Waals surface area contributed by atoms with Crippen molar-refractivity contribution in [2.45, 2.75) is 0 Å². The molecule has 1 amide bonds. The van der Waals surface area contributed by atoms with Crippen LogP contribution < -0.4 is 10.1 Å². The van der Waals surface area contributed by atoms with Gasteiger partial charge in [-0.15, -0.1) is 0 Å². The third-order valence-corrected chi connectivity index (χ3v) is 3.65. The lowest BCUT2D eigenvalue weighted by Gasteiger charge is -2.07. The van der Waals surface area contributed by atoms with Crippen molar-refractivity contribution in [3.05, 3.63) is 57.8 Å². The minimum atomic E-state index is -0.632. The Kier molecular flexibility index (Phi) is 5.55. The van der Waals surface area contributed by atoms with E-state index in [1.165, 1.54) is 43.5 Å². The van der Waals surface area contributed by atoms with Crippen LogP contribution in [-0.2, 0) is 4.79 Å². The summed E-state index contributed by atoms with van der Waals surface area (Å²) in [5, 5.41) is 21.5. The zero-order valence-corrected chi connectivity index (χ0v) is 14.1. The van der Waals surface area contributed by atoms with Crippen LogP contribution in [0.25, 0.3) is 6.08 Å². The second kappa shape index (κ2) is 7.62. The van der Waals surface area contributed by atoms with Gasteiger partial charge in [-0.2, -0.15) is 5.26 Å². The van der Waals surface area contributed by atoms with E-state index >= 15 is 0 Å². The van der Waals surface area contributed by atoms with Crippen molar-refractivity contribution in [2.24, 2.45) is 0 Å². The number of methoxy groups -OCH3 is 1. The summed E-state index contributed by atoms with van der Waals surface area (Å²) in [4.78, 5) is 12.2. The van der Waals surface area contributed by atoms with Crippen molar-refractivity contribution in [1.29, 1.82) is 5.26 Å². The highest BCUT2D eigenvalue weighted by molar-refractivity contribution is 9.10. The van der Waals surface area contributed by atoms with Crippen molar-refractivity contribution >= 4 is 33.6 Å². The Balaban J connectivity index is 2.29. The largest absolute Gasteiger partial charge is 0.503 e. The number of hydrogen-bond donors (Lipinski definition) is 2. The Bertz CT molecular complexity index is 842. The van der Waals surface area contributed by atoms with Gasteiger partial charge in [0.2, 0.25) is 0 Å². The average Bonchev–Trinajstić information content (AvgIpc) is 2.57. The predicted octanol–water partition coefficient (Wildman–Crippen LogP) is 3.85. The maximum atomic E-state index is 12.9. The fourth-order valence-corrected chi connectivity index (χ4v) is 2.34. The fourth-order valence-electron chi connectivity index (χ4n) is 1.88. The van der Waals surface area contributed by atoms with Crippen LogP contribution in [0.4, 0.5) is 10.1 Å². The molecule has 7 heteroatoms. The first-order valence-corrected chi connectivity index (χ1v) is 7.49. The molecule has 0 heterocycles. The van der Waals surface area contributed by atoms with Gasteiger partial charge in [-0.05, 0) is 64.0 Å². The number of halogens is 2. The Labute approximate surface area is 146 Å². The SMILES string of the molecule is COc1cc(C=C(C#N)C(=O)Nc2ccc(F)cc2)cc(Br)c1O. The standard InChI is InChI=1S/C17H12BrFN2O3/c1-24-15-8-10(7-14(18)16(15)22)6-11(9-20)17(23)21-13-4-2-12(19)3-5-13/h2-8,22H,1H3,(H,21,23). The lowest BCUT2D eigenvalue weighted by molar-refractivity contribution is -0.112. The normalized spacial score (nSPS) is 10.8. The molecule has 122 valence electrons. The van der Waals surface area contributed by atoms with Gasteiger partial charge >= 0.3 is 0 Å². The lowest BCUT2D eigenvalue weighted by atomic mass is 10.1. The first kappa shape index (κ1) is 17.5. The van der Waals surface area contributed by atoms with E-state index in [-0.39, 0.29) is 17.1 Å². The van der Waals surface area contributed by atoms with Gasteiger partial charge in [-0.1, -0.05) is 0 Å². The van der Waals surface area contributed by atoms with Crippen LogP contribution in [0, 0.1) is 17.1 Å². The van der Waals surface area contributed by atoms with E-state index in [0.29, 0.717) is 15.7 Å². The molecule has 5 nitrogen and oxygen atoms in total. The molecule has 0 atom stereocenters. The minimum Gasteiger partial charge on any atom is -0.503 e. The lowest BCUT2D eigenvalue weighted by Crippen LogP contribution is -2.13. The van der Waals surface area contributed by atoms with Crippen LogP contribution >= 0.6 is 15.9 Å². The van der Waals surface area contributed by atoms with Crippen molar-refractivity contribution in [3.8, 4) is 17.6 Å². The van der Waals surface area contributed by atoms with Gasteiger partial charge < -0.3 is 15.2 Å². The molecule has 24 heavy (non-hydrogen) atoms. The monoisotopic (exact) mass is 390 g/mol. The van der Waals surface area contributed by atoms with Crippen LogP contribution in [0.15, 0.2) is 46.4 Å². The molecule has 0 spiro atoms. The molecule has 2 aromatic carbocycles. The van der Waals surface area contributed by atoms with Gasteiger partial charge in [-0.25, -0.2) is 4.39 Å². The molecule has 0 fully saturated rings. The Morgan fingerprint density at radius 2 is 2.04 bits per heavy atom. The summed E-state index contributed by atoms with van der Waals surface area (Å²) in [7, 11) is 1.39. The third-order valence-electron chi connectivity index (χ3n) is 3.05. The quantitative estimate of drug-likeness (QED) is 0.613. The van der Waals surface area contributed by atoms with Gasteiger partial charge in [0.1, 0.15) is 17.5 Å². The number of anilines is 1. The first-order valence-electron chi connectivity index (χ1n) is 6.70. The molecular weight excluding hydrogens is 379 g/mol. The smallest absolute Gasteiger partial charge is 0.266 e. The number of ether oxygens (including phenoxy) is 1. The highest BCUT2D eigenvalue weighted by Crippen LogP contribution is 2.35. The zero-order valence-electron chi connectivity index (χ0n) is 12.5. The number of rotatable bonds is 4. The minimum absolute atomic E-state index is 0.0797. The second-order valence-corrected chi connectivity index (χ2v) is 5.54. The number of hydrogen-bond acceptors (Lipinski definition) is 4. The molecule has 0 saturated carbocycles. The number of nitrogens with one attached hydrogen (secondary N) is 1. The first-order chi connectivity index (χ1) is 11.4. The maximum absolute atomic E-state index is 12.9. The van der Waals surface area contributed by atoms with Gasteiger partial charge in [-0.3, -0.25) is 4.79 Å². The summed E-state index contributed by atoms with van der Waals surface area (Å²) in [6.45, 7) is 0. The van der Waals surface area contributed by atoms with Crippen LogP contribution in [0.3, 0.4) is 0 Å². The van der Waals surface area contributed by atoms with E-state index in [0.717, 1.165) is 0 Å². The van der Waals surface area contributed by atoms with E-state index in [2.05, 4.69) is 21.2 Å². The molecule has 0 aliphatic heterocycles. The molecule has 0 aromatic heterocycles. The number of amides is 1. The summed E-state index contributed by atoms with van der Waals surface area (Å²) in [6, 6.07) is 10.0. The number of phenols is 1. The van der Waals surface area contributed by atoms with Gasteiger partial charge in [0.25, 0.3) is 5.91 Å². The number of benzene rings is 2. The van der Waals surface area contributed by atoms with Gasteiger partial charge in [0.05, 0.1) is 11.6 Å². The number of nitrogens with zero attached hydrogens (tertiary/aromatic N) is 1. The second-order valence-electron chi connectivity index (χ2n) is 4.68. The Morgan fingerprint density at radius 3 is 2.62 bits per heavy atom. The molecule has 0 aliphatic carbocycles. The third kappa shape index (κ3) is 4.12. The van der Waals surface area contributed by atoms with E-state index in [9.17, 15) is 19.6 Å². The summed E-state index contributed by atoms with van der Waals surface area (Å²) in [5.74, 6) is -0.937. The van der Waals surface area contributed by atoms with Crippen molar-refractivity contribution in [2.75, 3.05) is 12.4 Å². The molecule has 0 bridgehead atoms. The summed E-state index contributed by atoms with van der Waals surface area (Å²) < 4.78 is 18.3. The van der Waals surface area contributed by atoms with Crippen LogP contribution in [0.2, 0.25) is 0 Å². The summed E-state index contributed by atoms with van der Waals surface area (Å²) in [6.07, 6.45) is 1.35. The topological polar surface area (TPSA) is 82.3 Å². The van der Waals surface area contributed by atoms with Crippen molar-refractivity contribution in [1.82, 2.24) is 0 Å². The molecule has 2 rings (SSSR count). The number of carbonyl (C=O) groups is 1. The van der Waals surface area contributed by atoms with E-state index in [4.69, 9.17) is 4.74 Å². The molecule has 0 aliphatic rings. The summed E-state index contributed by atoms with van der Waals surface area (Å²) in [5.41, 5.74) is 0.702. The van der Waals surface area contributed by atoms with Crippen LogP contribution in [0.1, 0.15) is 5.56 Å². The molecule has 0 unspecified atom stereocenters. The number of nitriles is 1. The fraction of sp³-hybridized carbons (Fsp3) is 0.0588. The van der Waals surface area contributed by atoms with E-state index in [1.807, 2.05) is 6.07 Å². The van der Waals surface area contributed by atoms with Gasteiger partial charge in [0, 0.05) is 5.69 Å².